The topological polar surface area (TPSA) is 79.0 Å². The summed E-state index contributed by atoms with van der Waals surface area (Å²) in [7, 11) is -3.67. The number of amides is 1. The van der Waals surface area contributed by atoms with Gasteiger partial charge in [0.15, 0.2) is 0 Å². The van der Waals surface area contributed by atoms with E-state index in [2.05, 4.69) is 5.32 Å². The second-order valence-corrected chi connectivity index (χ2v) is 9.17. The Labute approximate surface area is 168 Å². The van der Waals surface area contributed by atoms with Crippen molar-refractivity contribution in [2.75, 3.05) is 38.1 Å². The summed E-state index contributed by atoms with van der Waals surface area (Å²) in [6.45, 7) is 1.45. The van der Waals surface area contributed by atoms with Gasteiger partial charge in [0.25, 0.3) is 0 Å². The summed E-state index contributed by atoms with van der Waals surface area (Å²) in [5.41, 5.74) is 0.621. The second kappa shape index (κ2) is 7.71. The molecule has 1 N–H and O–H groups in total. The van der Waals surface area contributed by atoms with Gasteiger partial charge in [0.2, 0.25) is 15.9 Å². The summed E-state index contributed by atoms with van der Waals surface area (Å²) in [5.74, 6) is 0.432. The van der Waals surface area contributed by atoms with E-state index in [1.807, 2.05) is 17.0 Å². The Hall–Kier alpha value is -2.13. The number of carbonyl (C=O) groups is 1. The molecule has 0 aliphatic carbocycles. The third-order valence-electron chi connectivity index (χ3n) is 4.94. The number of hydrogen-bond donors (Lipinski definition) is 1. The fraction of sp³-hybridized carbons (Fsp3) is 0.316. The molecule has 28 heavy (non-hydrogen) atoms. The lowest BCUT2D eigenvalue weighted by Crippen LogP contribution is -2.57. The minimum atomic E-state index is -3.67. The fourth-order valence-corrected chi connectivity index (χ4v) is 5.25. The predicted octanol–water partition coefficient (Wildman–Crippen LogP) is 2.05. The van der Waals surface area contributed by atoms with Crippen LogP contribution < -0.4 is 10.1 Å². The van der Waals surface area contributed by atoms with Crippen molar-refractivity contribution in [1.29, 1.82) is 0 Å². The smallest absolute Gasteiger partial charge is 0.243 e. The van der Waals surface area contributed by atoms with Crippen molar-refractivity contribution < 1.29 is 17.9 Å². The molecule has 1 atom stereocenters. The summed E-state index contributed by atoms with van der Waals surface area (Å²) in [6, 6.07) is 13.2. The van der Waals surface area contributed by atoms with Crippen molar-refractivity contribution in [3.8, 4) is 5.75 Å². The van der Waals surface area contributed by atoms with Crippen LogP contribution >= 0.6 is 11.6 Å². The van der Waals surface area contributed by atoms with Gasteiger partial charge in [0.1, 0.15) is 12.4 Å². The Balaban J connectivity index is 1.57. The highest BCUT2D eigenvalue weighted by Gasteiger charge is 2.36. The molecule has 1 saturated heterocycles. The Morgan fingerprint density at radius 3 is 2.75 bits per heavy atom. The lowest BCUT2D eigenvalue weighted by atomic mass is 10.2. The molecule has 0 aromatic heterocycles. The van der Waals surface area contributed by atoms with Gasteiger partial charge in [-0.1, -0.05) is 29.8 Å². The zero-order valence-corrected chi connectivity index (χ0v) is 16.6. The molecule has 0 bridgehead atoms. The zero-order valence-electron chi connectivity index (χ0n) is 15.0. The van der Waals surface area contributed by atoms with Gasteiger partial charge in [-0.15, -0.1) is 0 Å². The molecule has 9 heteroatoms. The number of hydrogen-bond acceptors (Lipinski definition) is 5. The van der Waals surface area contributed by atoms with E-state index >= 15 is 0 Å². The molecule has 2 aliphatic heterocycles. The molecular weight excluding hydrogens is 402 g/mol. The minimum Gasteiger partial charge on any atom is -0.490 e. The minimum absolute atomic E-state index is 0.144. The number of ether oxygens (including phenoxy) is 1. The number of nitrogens with zero attached hydrogens (tertiary/aromatic N) is 2. The molecule has 148 valence electrons. The highest BCUT2D eigenvalue weighted by atomic mass is 35.5. The van der Waals surface area contributed by atoms with Crippen molar-refractivity contribution in [2.24, 2.45) is 0 Å². The molecule has 1 fully saturated rings. The van der Waals surface area contributed by atoms with Crippen LogP contribution in [-0.4, -0.2) is 62.4 Å². The number of para-hydroxylation sites is 2. The van der Waals surface area contributed by atoms with E-state index in [4.69, 9.17) is 16.3 Å². The summed E-state index contributed by atoms with van der Waals surface area (Å²) in [4.78, 5) is 14.5. The SMILES string of the molecule is O=C1CN2CCN(S(=O)(=O)c3cccc(Cl)c3)C[C@@H]2COc2ccccc2N1. The monoisotopic (exact) mass is 421 g/mol. The number of carbonyl (C=O) groups excluding carboxylic acids is 1. The van der Waals surface area contributed by atoms with Crippen molar-refractivity contribution in [3.05, 3.63) is 53.6 Å². The summed E-state index contributed by atoms with van der Waals surface area (Å²) >= 11 is 5.97. The first-order chi connectivity index (χ1) is 13.4. The third kappa shape index (κ3) is 3.86. The highest BCUT2D eigenvalue weighted by Crippen LogP contribution is 2.27. The first-order valence-electron chi connectivity index (χ1n) is 8.95. The molecule has 1 amide bonds. The first-order valence-corrected chi connectivity index (χ1v) is 10.8. The molecule has 7 nitrogen and oxygen atoms in total. The van der Waals surface area contributed by atoms with Crippen LogP contribution in [-0.2, 0) is 14.8 Å². The number of fused-ring (bicyclic) bond motifs is 2. The zero-order chi connectivity index (χ0) is 19.7. The molecule has 2 aromatic carbocycles. The van der Waals surface area contributed by atoms with E-state index in [1.165, 1.54) is 16.4 Å². The van der Waals surface area contributed by atoms with E-state index in [1.54, 1.807) is 24.3 Å². The van der Waals surface area contributed by atoms with Crippen LogP contribution in [0.15, 0.2) is 53.4 Å². The number of piperazine rings is 1. The van der Waals surface area contributed by atoms with Crippen LogP contribution in [0.2, 0.25) is 5.02 Å². The van der Waals surface area contributed by atoms with Crippen molar-refractivity contribution >= 4 is 33.2 Å². The summed E-state index contributed by atoms with van der Waals surface area (Å²) in [6.07, 6.45) is 0. The number of nitrogens with one attached hydrogen (secondary N) is 1. The van der Waals surface area contributed by atoms with Gasteiger partial charge >= 0.3 is 0 Å². The van der Waals surface area contributed by atoms with Gasteiger partial charge in [-0.25, -0.2) is 8.42 Å². The Morgan fingerprint density at radius 2 is 1.93 bits per heavy atom. The van der Waals surface area contributed by atoms with Gasteiger partial charge < -0.3 is 10.1 Å². The number of benzene rings is 2. The lowest BCUT2D eigenvalue weighted by Gasteiger charge is -2.39. The van der Waals surface area contributed by atoms with E-state index in [-0.39, 0.29) is 36.5 Å². The quantitative estimate of drug-likeness (QED) is 0.802. The molecule has 0 radical (unpaired) electrons. The molecule has 0 saturated carbocycles. The summed E-state index contributed by atoms with van der Waals surface area (Å²) < 4.78 is 33.4. The fourth-order valence-electron chi connectivity index (χ4n) is 3.48. The highest BCUT2D eigenvalue weighted by molar-refractivity contribution is 7.89. The van der Waals surface area contributed by atoms with E-state index < -0.39 is 10.0 Å². The van der Waals surface area contributed by atoms with Crippen molar-refractivity contribution in [2.45, 2.75) is 10.9 Å². The molecule has 0 spiro atoms. The largest absolute Gasteiger partial charge is 0.490 e. The van der Waals surface area contributed by atoms with Crippen LogP contribution in [0.1, 0.15) is 0 Å². The first kappa shape index (κ1) is 19.2. The Bertz CT molecular complexity index is 998. The van der Waals surface area contributed by atoms with Gasteiger partial charge in [-0.2, -0.15) is 4.31 Å². The number of rotatable bonds is 2. The van der Waals surface area contributed by atoms with Gasteiger partial charge in [0.05, 0.1) is 23.2 Å². The predicted molar refractivity (Wildman–Crippen MR) is 106 cm³/mol. The Morgan fingerprint density at radius 1 is 1.11 bits per heavy atom. The molecule has 2 heterocycles. The summed E-state index contributed by atoms with van der Waals surface area (Å²) in [5, 5.41) is 3.23. The van der Waals surface area contributed by atoms with Crippen LogP contribution in [0.4, 0.5) is 5.69 Å². The molecular formula is C19H20ClN3O4S. The maximum atomic E-state index is 13.0. The van der Waals surface area contributed by atoms with Crippen LogP contribution in [0, 0.1) is 0 Å². The van der Waals surface area contributed by atoms with Crippen LogP contribution in [0.5, 0.6) is 5.75 Å². The van der Waals surface area contributed by atoms with E-state index in [9.17, 15) is 13.2 Å². The average molecular weight is 422 g/mol. The van der Waals surface area contributed by atoms with Crippen molar-refractivity contribution in [1.82, 2.24) is 9.21 Å². The molecule has 4 rings (SSSR count). The van der Waals surface area contributed by atoms with Gasteiger partial charge in [-0.05, 0) is 30.3 Å². The second-order valence-electron chi connectivity index (χ2n) is 6.80. The van der Waals surface area contributed by atoms with Crippen LogP contribution in [0.25, 0.3) is 0 Å². The lowest BCUT2D eigenvalue weighted by molar-refractivity contribution is -0.118. The van der Waals surface area contributed by atoms with Crippen LogP contribution in [0.3, 0.4) is 0 Å². The third-order valence-corrected chi connectivity index (χ3v) is 7.04. The number of anilines is 1. The van der Waals surface area contributed by atoms with Gasteiger partial charge in [0, 0.05) is 24.7 Å². The maximum Gasteiger partial charge on any atom is 0.243 e. The average Bonchev–Trinajstić information content (AvgIpc) is 2.74. The standard InChI is InChI=1S/C19H20ClN3O4S/c20-14-4-3-5-16(10-14)28(25,26)23-9-8-22-12-19(24)21-17-6-1-2-7-18(17)27-13-15(22)11-23/h1-7,10,15H,8-9,11-13H2,(H,21,24)/t15-/m1/s1. The van der Waals surface area contributed by atoms with Crippen molar-refractivity contribution in [3.63, 3.8) is 0 Å². The van der Waals surface area contributed by atoms with E-state index in [0.717, 1.165) is 0 Å². The molecule has 2 aromatic rings. The van der Waals surface area contributed by atoms with Gasteiger partial charge in [-0.3, -0.25) is 9.69 Å². The number of sulfonamides is 1. The molecule has 2 aliphatic rings. The number of halogens is 1. The van der Waals surface area contributed by atoms with E-state index in [0.29, 0.717) is 29.5 Å². The normalized spacial score (nSPS) is 21.3. The Kier molecular flexibility index (Phi) is 5.29. The maximum absolute atomic E-state index is 13.0. The molecule has 0 unspecified atom stereocenters.